The molecule has 1 rings (SSSR count). The Morgan fingerprint density at radius 1 is 1.38 bits per heavy atom. The molecular weight excluding hydrogens is 276 g/mol. The van der Waals surface area contributed by atoms with Crippen molar-refractivity contribution in [3.8, 4) is 0 Å². The van der Waals surface area contributed by atoms with Gasteiger partial charge in [-0.2, -0.15) is 0 Å². The van der Waals surface area contributed by atoms with E-state index in [0.717, 1.165) is 0 Å². The van der Waals surface area contributed by atoms with Crippen LogP contribution in [0.1, 0.15) is 33.1 Å². The number of aliphatic hydroxyl groups is 1. The fraction of sp³-hybridized carbons (Fsp3) is 0.857. The summed E-state index contributed by atoms with van der Waals surface area (Å²) in [6, 6.07) is -1.41. The van der Waals surface area contributed by atoms with E-state index in [9.17, 15) is 19.8 Å². The van der Waals surface area contributed by atoms with Gasteiger partial charge in [-0.1, -0.05) is 20.3 Å². The Morgan fingerprint density at radius 2 is 1.95 bits per heavy atom. The molecule has 0 saturated carbocycles. The number of urea groups is 1. The Kier molecular flexibility index (Phi) is 6.42. The van der Waals surface area contributed by atoms with Crippen LogP contribution in [-0.4, -0.2) is 65.6 Å². The molecule has 2 amide bonds. The van der Waals surface area contributed by atoms with Gasteiger partial charge in [-0.05, 0) is 5.92 Å². The van der Waals surface area contributed by atoms with Crippen LogP contribution in [0.15, 0.2) is 0 Å². The highest BCUT2D eigenvalue weighted by Gasteiger charge is 2.33. The minimum absolute atomic E-state index is 0.161. The van der Waals surface area contributed by atoms with E-state index < -0.39 is 23.6 Å². The van der Waals surface area contributed by atoms with Crippen LogP contribution in [0.2, 0.25) is 0 Å². The first-order chi connectivity index (χ1) is 9.79. The molecule has 0 aromatic rings. The zero-order chi connectivity index (χ0) is 16.0. The van der Waals surface area contributed by atoms with Gasteiger partial charge in [-0.3, -0.25) is 0 Å². The highest BCUT2D eigenvalue weighted by molar-refractivity contribution is 5.82. The van der Waals surface area contributed by atoms with Gasteiger partial charge >= 0.3 is 12.0 Å². The Hall–Kier alpha value is -1.34. The van der Waals surface area contributed by atoms with Gasteiger partial charge in [0.1, 0.15) is 6.04 Å². The van der Waals surface area contributed by atoms with E-state index in [1.54, 1.807) is 14.0 Å². The maximum absolute atomic E-state index is 12.1. The molecule has 0 aliphatic carbocycles. The molecular formula is C14H26N2O5. The van der Waals surface area contributed by atoms with Crippen LogP contribution in [-0.2, 0) is 9.53 Å². The second kappa shape index (κ2) is 7.61. The van der Waals surface area contributed by atoms with E-state index in [0.29, 0.717) is 32.5 Å². The molecule has 2 atom stereocenters. The maximum atomic E-state index is 12.1. The van der Waals surface area contributed by atoms with Gasteiger partial charge in [0.2, 0.25) is 0 Å². The summed E-state index contributed by atoms with van der Waals surface area (Å²) in [6.07, 6.45) is 1.60. The van der Waals surface area contributed by atoms with E-state index in [4.69, 9.17) is 4.74 Å². The van der Waals surface area contributed by atoms with Gasteiger partial charge in [0.25, 0.3) is 0 Å². The first kappa shape index (κ1) is 17.7. The zero-order valence-electron chi connectivity index (χ0n) is 13.0. The number of aliphatic carboxylic acids is 1. The number of nitrogens with one attached hydrogen (secondary N) is 1. The van der Waals surface area contributed by atoms with Crippen molar-refractivity contribution in [2.75, 3.05) is 26.8 Å². The minimum Gasteiger partial charge on any atom is -0.480 e. The van der Waals surface area contributed by atoms with Crippen LogP contribution < -0.4 is 5.32 Å². The molecule has 1 aliphatic heterocycles. The molecule has 122 valence electrons. The topological polar surface area (TPSA) is 99.1 Å². The molecule has 0 unspecified atom stereocenters. The first-order valence-corrected chi connectivity index (χ1v) is 7.33. The van der Waals surface area contributed by atoms with Crippen molar-refractivity contribution < 1.29 is 24.5 Å². The number of ether oxygens (including phenoxy) is 1. The van der Waals surface area contributed by atoms with E-state index in [2.05, 4.69) is 5.32 Å². The molecule has 1 heterocycles. The van der Waals surface area contributed by atoms with Gasteiger partial charge in [0.15, 0.2) is 0 Å². The van der Waals surface area contributed by atoms with Gasteiger partial charge < -0.3 is 25.2 Å². The van der Waals surface area contributed by atoms with Crippen LogP contribution in [0.25, 0.3) is 0 Å². The van der Waals surface area contributed by atoms with Crippen LogP contribution in [0.5, 0.6) is 0 Å². The van der Waals surface area contributed by atoms with Crippen molar-refractivity contribution in [3.05, 3.63) is 0 Å². The molecule has 1 fully saturated rings. The number of nitrogens with zero attached hydrogens (tertiary/aromatic N) is 1. The SMILES string of the molecule is CC[C@H](C)[C@H](NC(=O)N(C)CC1(O)CCOCC1)C(=O)O. The van der Waals surface area contributed by atoms with E-state index >= 15 is 0 Å². The molecule has 0 spiro atoms. The number of carbonyl (C=O) groups excluding carboxylic acids is 1. The van der Waals surface area contributed by atoms with E-state index in [-0.39, 0.29) is 12.5 Å². The highest BCUT2D eigenvalue weighted by atomic mass is 16.5. The number of likely N-dealkylation sites (N-methyl/N-ethyl adjacent to an activating group) is 1. The summed E-state index contributed by atoms with van der Waals surface area (Å²) in [4.78, 5) is 24.7. The largest absolute Gasteiger partial charge is 0.480 e. The highest BCUT2D eigenvalue weighted by Crippen LogP contribution is 2.21. The molecule has 0 aromatic heterocycles. The molecule has 21 heavy (non-hydrogen) atoms. The van der Waals surface area contributed by atoms with Gasteiger partial charge in [-0.25, -0.2) is 9.59 Å². The number of carbonyl (C=O) groups is 2. The lowest BCUT2D eigenvalue weighted by atomic mass is 9.94. The van der Waals surface area contributed by atoms with Crippen molar-refractivity contribution in [2.24, 2.45) is 5.92 Å². The smallest absolute Gasteiger partial charge is 0.326 e. The third-order valence-corrected chi connectivity index (χ3v) is 4.06. The summed E-state index contributed by atoms with van der Waals surface area (Å²) in [5.74, 6) is -1.21. The predicted molar refractivity (Wildman–Crippen MR) is 77.0 cm³/mol. The van der Waals surface area contributed by atoms with Gasteiger partial charge in [0.05, 0.1) is 12.1 Å². The average molecular weight is 302 g/mol. The molecule has 0 aromatic carbocycles. The third kappa shape index (κ3) is 5.17. The van der Waals surface area contributed by atoms with Crippen LogP contribution in [0.3, 0.4) is 0 Å². The zero-order valence-corrected chi connectivity index (χ0v) is 13.0. The molecule has 1 aliphatic rings. The van der Waals surface area contributed by atoms with Crippen molar-refractivity contribution in [1.29, 1.82) is 0 Å². The number of hydrogen-bond acceptors (Lipinski definition) is 4. The second-order valence-electron chi connectivity index (χ2n) is 5.84. The number of rotatable bonds is 6. The van der Waals surface area contributed by atoms with Crippen molar-refractivity contribution in [1.82, 2.24) is 10.2 Å². The second-order valence-corrected chi connectivity index (χ2v) is 5.84. The molecule has 1 saturated heterocycles. The fourth-order valence-electron chi connectivity index (χ4n) is 2.35. The summed E-state index contributed by atoms with van der Waals surface area (Å²) in [6.45, 7) is 4.76. The monoisotopic (exact) mass is 302 g/mol. The molecule has 3 N–H and O–H groups in total. The molecule has 7 heteroatoms. The minimum atomic E-state index is -1.05. The normalized spacial score (nSPS) is 20.4. The quantitative estimate of drug-likeness (QED) is 0.669. The predicted octanol–water partition coefficient (Wildman–Crippen LogP) is 0.669. The lowest BCUT2D eigenvalue weighted by molar-refractivity contribution is -0.140. The standard InChI is InChI=1S/C14H26N2O5/c1-4-10(2)11(12(17)18)15-13(19)16(3)9-14(20)5-7-21-8-6-14/h10-11,20H,4-9H2,1-3H3,(H,15,19)(H,17,18)/t10-,11-/m0/s1. The Balaban J connectivity index is 2.58. The van der Waals surface area contributed by atoms with Crippen LogP contribution >= 0.6 is 0 Å². The number of carboxylic acids is 1. The van der Waals surface area contributed by atoms with E-state index in [1.807, 2.05) is 6.92 Å². The lowest BCUT2D eigenvalue weighted by Gasteiger charge is -2.35. The summed E-state index contributed by atoms with van der Waals surface area (Å²) >= 11 is 0. The van der Waals surface area contributed by atoms with Gasteiger partial charge in [0, 0.05) is 33.1 Å². The first-order valence-electron chi connectivity index (χ1n) is 7.33. The lowest BCUT2D eigenvalue weighted by Crippen LogP contribution is -2.54. The molecule has 0 bridgehead atoms. The third-order valence-electron chi connectivity index (χ3n) is 4.06. The van der Waals surface area contributed by atoms with Crippen molar-refractivity contribution in [2.45, 2.75) is 44.8 Å². The summed E-state index contributed by atoms with van der Waals surface area (Å²) in [7, 11) is 1.55. The molecule has 7 nitrogen and oxygen atoms in total. The number of hydrogen-bond donors (Lipinski definition) is 3. The Bertz CT molecular complexity index is 368. The fourth-order valence-corrected chi connectivity index (χ4v) is 2.35. The summed E-state index contributed by atoms with van der Waals surface area (Å²) < 4.78 is 5.19. The van der Waals surface area contributed by atoms with Crippen molar-refractivity contribution >= 4 is 12.0 Å². The number of amides is 2. The maximum Gasteiger partial charge on any atom is 0.326 e. The average Bonchev–Trinajstić information content (AvgIpc) is 2.43. The Labute approximate surface area is 125 Å². The van der Waals surface area contributed by atoms with Crippen molar-refractivity contribution in [3.63, 3.8) is 0 Å². The number of carboxylic acid groups (broad SMARTS) is 1. The Morgan fingerprint density at radius 3 is 2.43 bits per heavy atom. The summed E-state index contributed by atoms with van der Waals surface area (Å²) in [5.41, 5.74) is -0.959. The van der Waals surface area contributed by atoms with Gasteiger partial charge in [-0.15, -0.1) is 0 Å². The van der Waals surface area contributed by atoms with Crippen LogP contribution in [0, 0.1) is 5.92 Å². The molecule has 0 radical (unpaired) electrons. The van der Waals surface area contributed by atoms with E-state index in [1.165, 1.54) is 4.90 Å². The summed E-state index contributed by atoms with van der Waals surface area (Å²) in [5, 5.41) is 22.1. The van der Waals surface area contributed by atoms with Crippen LogP contribution in [0.4, 0.5) is 4.79 Å².